The zero-order valence-corrected chi connectivity index (χ0v) is 17.2. The number of ether oxygens (including phenoxy) is 1. The molecule has 0 unspecified atom stereocenters. The Morgan fingerprint density at radius 3 is 2.70 bits per heavy atom. The highest BCUT2D eigenvalue weighted by molar-refractivity contribution is 5.87. The van der Waals surface area contributed by atoms with Gasteiger partial charge in [-0.25, -0.2) is 4.79 Å². The van der Waals surface area contributed by atoms with Crippen molar-refractivity contribution in [2.75, 3.05) is 7.11 Å². The highest BCUT2D eigenvalue weighted by Crippen LogP contribution is 2.50. The number of aliphatic hydroxyl groups is 1. The smallest absolute Gasteiger partial charge is 0.334 e. The first-order chi connectivity index (χ1) is 12.8. The number of hydrogen-bond donors (Lipinski definition) is 1. The van der Waals surface area contributed by atoms with Crippen molar-refractivity contribution in [1.29, 1.82) is 0 Å². The van der Waals surface area contributed by atoms with Gasteiger partial charge in [-0.2, -0.15) is 5.10 Å². The highest BCUT2D eigenvalue weighted by Gasteiger charge is 2.63. The van der Waals surface area contributed by atoms with Crippen LogP contribution in [0.1, 0.15) is 72.1 Å². The van der Waals surface area contributed by atoms with Crippen molar-refractivity contribution in [2.45, 2.75) is 89.3 Å². The maximum atomic E-state index is 13.0. The molecule has 2 bridgehead atoms. The van der Waals surface area contributed by atoms with Gasteiger partial charge >= 0.3 is 5.97 Å². The third-order valence-corrected chi connectivity index (χ3v) is 6.96. The largest absolute Gasteiger partial charge is 0.467 e. The molecule has 0 aromatic rings. The topological polar surface area (TPSA) is 62.1 Å². The number of nitrogens with zero attached hydrogens (tertiary/aromatic N) is 2. The van der Waals surface area contributed by atoms with Crippen LogP contribution in [-0.4, -0.2) is 46.6 Å². The molecule has 27 heavy (non-hydrogen) atoms. The van der Waals surface area contributed by atoms with Crippen LogP contribution in [0.25, 0.3) is 0 Å². The molecule has 0 aromatic carbocycles. The molecule has 1 fully saturated rings. The van der Waals surface area contributed by atoms with E-state index in [2.05, 4.69) is 38.0 Å². The monoisotopic (exact) mass is 374 g/mol. The zero-order chi connectivity index (χ0) is 19.7. The molecule has 1 saturated heterocycles. The van der Waals surface area contributed by atoms with E-state index in [0.29, 0.717) is 12.8 Å². The zero-order valence-electron chi connectivity index (χ0n) is 17.2. The average molecular weight is 375 g/mol. The molecule has 150 valence electrons. The summed E-state index contributed by atoms with van der Waals surface area (Å²) in [6, 6.07) is 0. The van der Waals surface area contributed by atoms with E-state index in [1.54, 1.807) is 0 Å². The van der Waals surface area contributed by atoms with E-state index in [0.717, 1.165) is 38.5 Å². The molecule has 0 aliphatic carbocycles. The van der Waals surface area contributed by atoms with Crippen LogP contribution in [-0.2, 0) is 9.53 Å². The van der Waals surface area contributed by atoms with Crippen LogP contribution < -0.4 is 0 Å². The van der Waals surface area contributed by atoms with Gasteiger partial charge in [-0.3, -0.25) is 5.01 Å². The summed E-state index contributed by atoms with van der Waals surface area (Å²) in [4.78, 5) is 13.0. The van der Waals surface area contributed by atoms with Crippen molar-refractivity contribution in [1.82, 2.24) is 5.01 Å². The summed E-state index contributed by atoms with van der Waals surface area (Å²) in [5, 5.41) is 17.7. The Hall–Kier alpha value is -1.62. The number of carbonyl (C=O) groups excluding carboxylic acids is 1. The van der Waals surface area contributed by atoms with Crippen LogP contribution in [0.4, 0.5) is 0 Å². The number of methoxy groups -OCH3 is 1. The molecule has 1 N–H and O–H groups in total. The predicted molar refractivity (Wildman–Crippen MR) is 107 cm³/mol. The van der Waals surface area contributed by atoms with Gasteiger partial charge in [0, 0.05) is 12.6 Å². The molecule has 4 atom stereocenters. The third kappa shape index (κ3) is 3.46. The Labute approximate surface area is 163 Å². The first-order valence-corrected chi connectivity index (χ1v) is 10.2. The maximum Gasteiger partial charge on any atom is 0.334 e. The third-order valence-electron chi connectivity index (χ3n) is 6.96. The average Bonchev–Trinajstić information content (AvgIpc) is 3.09. The van der Waals surface area contributed by atoms with E-state index in [-0.39, 0.29) is 11.9 Å². The minimum Gasteiger partial charge on any atom is -0.467 e. The Kier molecular flexibility index (Phi) is 5.80. The number of esters is 1. The van der Waals surface area contributed by atoms with Crippen LogP contribution in [0.15, 0.2) is 28.4 Å². The summed E-state index contributed by atoms with van der Waals surface area (Å²) in [6.45, 7) is 6.40. The number of piperidine rings is 1. The van der Waals surface area contributed by atoms with Gasteiger partial charge in [-0.1, -0.05) is 23.3 Å². The quantitative estimate of drug-likeness (QED) is 0.557. The molecule has 5 heteroatoms. The van der Waals surface area contributed by atoms with Crippen molar-refractivity contribution < 1.29 is 14.6 Å². The molecule has 3 aliphatic rings. The number of hydrogen-bond acceptors (Lipinski definition) is 5. The Balaban J connectivity index is 2.03. The number of aliphatic hydroxyl groups excluding tert-OH is 1. The van der Waals surface area contributed by atoms with E-state index in [9.17, 15) is 9.90 Å². The van der Waals surface area contributed by atoms with E-state index in [4.69, 9.17) is 4.74 Å². The summed E-state index contributed by atoms with van der Waals surface area (Å²) in [5.41, 5.74) is 1.38. The number of carbonyl (C=O) groups is 1. The number of hydrazone groups is 1. The van der Waals surface area contributed by atoms with Crippen molar-refractivity contribution in [3.8, 4) is 0 Å². The fourth-order valence-electron chi connectivity index (χ4n) is 5.14. The van der Waals surface area contributed by atoms with Crippen molar-refractivity contribution >= 4 is 12.2 Å². The molecular weight excluding hydrogens is 340 g/mol. The predicted octanol–water partition coefficient (Wildman–Crippen LogP) is 3.98. The van der Waals surface area contributed by atoms with Crippen LogP contribution in [0.5, 0.6) is 0 Å². The van der Waals surface area contributed by atoms with Gasteiger partial charge in [0.05, 0.1) is 18.8 Å². The summed E-state index contributed by atoms with van der Waals surface area (Å²) < 4.78 is 5.27. The van der Waals surface area contributed by atoms with Crippen molar-refractivity contribution in [2.24, 2.45) is 11.0 Å². The first-order valence-electron chi connectivity index (χ1n) is 10.2. The molecule has 3 rings (SSSR count). The van der Waals surface area contributed by atoms with Gasteiger partial charge in [0.25, 0.3) is 0 Å². The van der Waals surface area contributed by atoms with Gasteiger partial charge < -0.3 is 9.84 Å². The summed E-state index contributed by atoms with van der Waals surface area (Å²) >= 11 is 0. The second kappa shape index (κ2) is 7.78. The molecular formula is C22H34N2O3. The Morgan fingerprint density at radius 1 is 1.26 bits per heavy atom. The molecule has 0 amide bonds. The molecule has 3 aliphatic heterocycles. The Morgan fingerprint density at radius 2 is 1.96 bits per heavy atom. The summed E-state index contributed by atoms with van der Waals surface area (Å²) in [6.07, 6.45) is 12.7. The summed E-state index contributed by atoms with van der Waals surface area (Å²) in [7, 11) is 1.46. The number of rotatable bonds is 1. The SMILES string of the molecule is COC(=O)[C@]12CC=NN1[C@@]1(C)CC/C=C(\C)CCC=C(C)CC[C@H]2C[C@H]1O. The van der Waals surface area contributed by atoms with E-state index >= 15 is 0 Å². The molecule has 0 aromatic heterocycles. The first kappa shape index (κ1) is 20.1. The van der Waals surface area contributed by atoms with Crippen LogP contribution >= 0.6 is 0 Å². The summed E-state index contributed by atoms with van der Waals surface area (Å²) in [5.74, 6) is -0.192. The molecule has 3 heterocycles. The van der Waals surface area contributed by atoms with Gasteiger partial charge in [-0.15, -0.1) is 0 Å². The van der Waals surface area contributed by atoms with Gasteiger partial charge in [0.1, 0.15) is 0 Å². The van der Waals surface area contributed by atoms with Gasteiger partial charge in [-0.05, 0) is 71.6 Å². The molecule has 5 nitrogen and oxygen atoms in total. The lowest BCUT2D eigenvalue weighted by molar-refractivity contribution is -0.187. The standard InChI is InChI=1S/C22H34N2O3/c1-16-7-5-8-17(2)10-11-18-15-19(25)21(3,12-6-9-16)24-22(18,13-14-23-24)20(26)27-4/h8-9,14,18-19,25H,5-7,10-13,15H2,1-4H3/b16-9+,17-8?/t18-,19+,21-,22+/m0/s1. The normalized spacial score (nSPS) is 39.2. The van der Waals surface area contributed by atoms with Crippen molar-refractivity contribution in [3.63, 3.8) is 0 Å². The minimum atomic E-state index is -0.786. The van der Waals surface area contributed by atoms with Crippen molar-refractivity contribution in [3.05, 3.63) is 23.3 Å². The lowest BCUT2D eigenvalue weighted by Crippen LogP contribution is -2.70. The minimum absolute atomic E-state index is 0.0269. The van der Waals surface area contributed by atoms with E-state index in [1.807, 2.05) is 11.2 Å². The fraction of sp³-hybridized carbons (Fsp3) is 0.727. The molecule has 0 saturated carbocycles. The van der Waals surface area contributed by atoms with E-state index in [1.165, 1.54) is 18.3 Å². The Bertz CT molecular complexity index is 668. The highest BCUT2D eigenvalue weighted by atomic mass is 16.5. The molecule has 0 spiro atoms. The number of allylic oxidation sites excluding steroid dienone is 4. The lowest BCUT2D eigenvalue weighted by Gasteiger charge is -2.56. The second-order valence-corrected chi connectivity index (χ2v) is 8.75. The second-order valence-electron chi connectivity index (χ2n) is 8.75. The van der Waals surface area contributed by atoms with Gasteiger partial charge in [0.15, 0.2) is 5.54 Å². The lowest BCUT2D eigenvalue weighted by atomic mass is 9.66. The van der Waals surface area contributed by atoms with Crippen LogP contribution in [0, 0.1) is 5.92 Å². The molecule has 0 radical (unpaired) electrons. The van der Waals surface area contributed by atoms with Crippen LogP contribution in [0.2, 0.25) is 0 Å². The fourth-order valence-corrected chi connectivity index (χ4v) is 5.14. The maximum absolute atomic E-state index is 13.0. The van der Waals surface area contributed by atoms with E-state index < -0.39 is 17.2 Å². The van der Waals surface area contributed by atoms with Gasteiger partial charge in [0.2, 0.25) is 0 Å². The van der Waals surface area contributed by atoms with Crippen LogP contribution in [0.3, 0.4) is 0 Å².